The first-order valence-corrected chi connectivity index (χ1v) is 11.0. The Morgan fingerprint density at radius 2 is 2.12 bits per heavy atom. The molecule has 2 aliphatic rings. The van der Waals surface area contributed by atoms with Crippen molar-refractivity contribution in [3.8, 4) is 5.75 Å². The van der Waals surface area contributed by atoms with E-state index in [9.17, 15) is 13.2 Å². The zero-order chi connectivity index (χ0) is 23.3. The molecule has 1 aromatic carbocycles. The van der Waals surface area contributed by atoms with Crippen molar-refractivity contribution < 1.29 is 17.9 Å². The van der Waals surface area contributed by atoms with Crippen LogP contribution in [0.25, 0.3) is 5.57 Å². The third-order valence-electron chi connectivity index (χ3n) is 5.66. The van der Waals surface area contributed by atoms with Gasteiger partial charge in [0.05, 0.1) is 30.3 Å². The molecule has 0 spiro atoms. The first kappa shape index (κ1) is 22.8. The number of alkyl halides is 3. The smallest absolute Gasteiger partial charge is 0.392 e. The molecule has 7 heteroatoms. The molecule has 0 bridgehead atoms. The summed E-state index contributed by atoms with van der Waals surface area (Å²) >= 11 is 0. The van der Waals surface area contributed by atoms with E-state index in [4.69, 9.17) is 9.73 Å². The second kappa shape index (κ2) is 10.1. The van der Waals surface area contributed by atoms with Gasteiger partial charge in [0, 0.05) is 12.7 Å². The number of likely N-dealkylation sites (tertiary alicyclic amines) is 1. The monoisotopic (exact) mass is 453 g/mol. The molecule has 4 nitrogen and oxygen atoms in total. The highest BCUT2D eigenvalue weighted by Crippen LogP contribution is 2.36. The number of amidine groups is 1. The minimum Gasteiger partial charge on any atom is -0.491 e. The van der Waals surface area contributed by atoms with Gasteiger partial charge in [0.15, 0.2) is 0 Å². The average molecular weight is 454 g/mol. The highest BCUT2D eigenvalue weighted by atomic mass is 19.4. The van der Waals surface area contributed by atoms with Gasteiger partial charge in [0.25, 0.3) is 0 Å². The van der Waals surface area contributed by atoms with Gasteiger partial charge in [0.1, 0.15) is 18.2 Å². The van der Waals surface area contributed by atoms with E-state index >= 15 is 0 Å². The molecule has 0 saturated carbocycles. The van der Waals surface area contributed by atoms with E-state index in [0.29, 0.717) is 18.7 Å². The number of aromatic nitrogens is 1. The van der Waals surface area contributed by atoms with Crippen LogP contribution in [0, 0.1) is 0 Å². The fourth-order valence-corrected chi connectivity index (χ4v) is 4.24. The zero-order valence-electron chi connectivity index (χ0n) is 18.3. The third kappa shape index (κ3) is 5.53. The average Bonchev–Trinajstić information content (AvgIpc) is 3.19. The number of allylic oxidation sites excluding steroid dienone is 5. The van der Waals surface area contributed by atoms with Gasteiger partial charge >= 0.3 is 6.18 Å². The van der Waals surface area contributed by atoms with Crippen molar-refractivity contribution in [3.63, 3.8) is 0 Å². The van der Waals surface area contributed by atoms with E-state index in [1.807, 2.05) is 36.4 Å². The lowest BCUT2D eigenvalue weighted by molar-refractivity contribution is -0.125. The van der Waals surface area contributed by atoms with E-state index in [1.54, 1.807) is 18.3 Å². The van der Waals surface area contributed by atoms with Gasteiger partial charge in [0.2, 0.25) is 0 Å². The van der Waals surface area contributed by atoms with Crippen LogP contribution in [0.1, 0.15) is 42.1 Å². The maximum atomic E-state index is 12.6. The maximum absolute atomic E-state index is 12.6. The fourth-order valence-electron chi connectivity index (χ4n) is 4.24. The molecule has 2 aliphatic heterocycles. The van der Waals surface area contributed by atoms with E-state index in [1.165, 1.54) is 6.08 Å². The molecular formula is C26H26F3N3O. The Morgan fingerprint density at radius 1 is 1.24 bits per heavy atom. The number of benzene rings is 1. The molecule has 0 amide bonds. The first-order valence-electron chi connectivity index (χ1n) is 11.0. The van der Waals surface area contributed by atoms with Crippen molar-refractivity contribution in [2.24, 2.45) is 4.99 Å². The van der Waals surface area contributed by atoms with Crippen LogP contribution in [-0.2, 0) is 0 Å². The quantitative estimate of drug-likeness (QED) is 0.511. The second-order valence-corrected chi connectivity index (χ2v) is 7.95. The predicted molar refractivity (Wildman–Crippen MR) is 124 cm³/mol. The molecule has 0 radical (unpaired) electrons. The molecule has 3 heterocycles. The highest BCUT2D eigenvalue weighted by molar-refractivity contribution is 6.02. The summed E-state index contributed by atoms with van der Waals surface area (Å²) in [6.45, 7) is 5.57. The number of hydrogen-bond acceptors (Lipinski definition) is 4. The lowest BCUT2D eigenvalue weighted by Crippen LogP contribution is -2.32. The van der Waals surface area contributed by atoms with Gasteiger partial charge in [-0.25, -0.2) is 0 Å². The Bertz CT molecular complexity index is 1070. The molecular weight excluding hydrogens is 427 g/mol. The van der Waals surface area contributed by atoms with Crippen molar-refractivity contribution in [1.82, 2.24) is 9.88 Å². The number of pyridine rings is 1. The van der Waals surface area contributed by atoms with Crippen molar-refractivity contribution in [1.29, 1.82) is 0 Å². The summed E-state index contributed by atoms with van der Waals surface area (Å²) in [5.41, 5.74) is 3.26. The normalized spacial score (nSPS) is 19.1. The van der Waals surface area contributed by atoms with Gasteiger partial charge in [-0.15, -0.1) is 0 Å². The molecule has 1 atom stereocenters. The van der Waals surface area contributed by atoms with Crippen LogP contribution >= 0.6 is 0 Å². The number of halogens is 3. The lowest BCUT2D eigenvalue weighted by atomic mass is 9.99. The Hall–Kier alpha value is -3.35. The van der Waals surface area contributed by atoms with Gasteiger partial charge in [-0.1, -0.05) is 43.0 Å². The van der Waals surface area contributed by atoms with E-state index in [2.05, 4.69) is 16.5 Å². The molecule has 172 valence electrons. The van der Waals surface area contributed by atoms with Crippen molar-refractivity contribution in [3.05, 3.63) is 90.3 Å². The lowest BCUT2D eigenvalue weighted by Gasteiger charge is -2.28. The number of hydrogen-bond donors (Lipinski definition) is 0. The minimum absolute atomic E-state index is 0.120. The first-order chi connectivity index (χ1) is 16.0. The molecule has 1 unspecified atom stereocenters. The molecule has 1 aromatic heterocycles. The van der Waals surface area contributed by atoms with Crippen LogP contribution in [0.3, 0.4) is 0 Å². The Kier molecular flexibility index (Phi) is 6.96. The number of rotatable bonds is 5. The van der Waals surface area contributed by atoms with Gasteiger partial charge in [-0.3, -0.25) is 9.98 Å². The van der Waals surface area contributed by atoms with Crippen molar-refractivity contribution in [2.45, 2.75) is 31.5 Å². The van der Waals surface area contributed by atoms with Crippen LogP contribution in [-0.4, -0.2) is 41.6 Å². The zero-order valence-corrected chi connectivity index (χ0v) is 18.3. The van der Waals surface area contributed by atoms with Crippen LogP contribution < -0.4 is 4.74 Å². The van der Waals surface area contributed by atoms with E-state index in [-0.39, 0.29) is 6.04 Å². The fraction of sp³-hybridized carbons (Fsp3) is 0.308. The minimum atomic E-state index is -4.24. The largest absolute Gasteiger partial charge is 0.491 e. The molecule has 0 aliphatic carbocycles. The van der Waals surface area contributed by atoms with E-state index < -0.39 is 12.6 Å². The summed E-state index contributed by atoms with van der Waals surface area (Å²) < 4.78 is 43.8. The summed E-state index contributed by atoms with van der Waals surface area (Å²) in [6, 6.07) is 11.7. The van der Waals surface area contributed by atoms with Crippen LogP contribution in [0.5, 0.6) is 5.75 Å². The number of fused-ring (bicyclic) bond motifs is 1. The highest BCUT2D eigenvalue weighted by Gasteiger charge is 2.32. The SMILES string of the molecule is C=C/C=C(\C=C/CC(F)(F)F)c1ccc2c(c1)C(N1CCCC1c1ccccn1)=NCCO2. The molecule has 2 aromatic rings. The number of aliphatic imine (C=N–C) groups is 1. The Balaban J connectivity index is 1.70. The van der Waals surface area contributed by atoms with Crippen LogP contribution in [0.4, 0.5) is 13.2 Å². The Labute approximate surface area is 191 Å². The molecule has 0 N–H and O–H groups in total. The van der Waals surface area contributed by atoms with E-state index in [0.717, 1.165) is 53.9 Å². The Morgan fingerprint density at radius 3 is 2.88 bits per heavy atom. The van der Waals surface area contributed by atoms with Crippen molar-refractivity contribution in [2.75, 3.05) is 19.7 Å². The molecule has 1 saturated heterocycles. The van der Waals surface area contributed by atoms with Crippen LogP contribution in [0.2, 0.25) is 0 Å². The third-order valence-corrected chi connectivity index (χ3v) is 5.66. The van der Waals surface area contributed by atoms with Crippen LogP contribution in [0.15, 0.2) is 78.5 Å². The molecule has 1 fully saturated rings. The summed E-state index contributed by atoms with van der Waals surface area (Å²) in [5.74, 6) is 1.56. The maximum Gasteiger partial charge on any atom is 0.392 e. The summed E-state index contributed by atoms with van der Waals surface area (Å²) in [6.07, 6.45) is 4.47. The van der Waals surface area contributed by atoms with Gasteiger partial charge in [-0.05, 0) is 48.2 Å². The number of nitrogens with zero attached hydrogens (tertiary/aromatic N) is 3. The van der Waals surface area contributed by atoms with Gasteiger partial charge in [-0.2, -0.15) is 13.2 Å². The summed E-state index contributed by atoms with van der Waals surface area (Å²) in [7, 11) is 0. The number of ether oxygens (including phenoxy) is 1. The predicted octanol–water partition coefficient (Wildman–Crippen LogP) is 6.14. The summed E-state index contributed by atoms with van der Waals surface area (Å²) in [5, 5.41) is 0. The standard InChI is InChI=1S/C26H26F3N3O/c1-2-7-19(8-5-13-26(27,28)29)20-11-12-24-21(18-20)25(31-15-17-33-24)32-16-6-10-23(32)22-9-3-4-14-30-22/h2-5,7-9,11-12,14,18,23H,1,6,10,13,15-17H2/b8-5-,19-7+. The second-order valence-electron chi connectivity index (χ2n) is 7.95. The summed E-state index contributed by atoms with van der Waals surface area (Å²) in [4.78, 5) is 11.7. The molecule has 33 heavy (non-hydrogen) atoms. The molecule has 4 rings (SSSR count). The van der Waals surface area contributed by atoms with Crippen molar-refractivity contribution >= 4 is 11.4 Å². The van der Waals surface area contributed by atoms with Gasteiger partial charge < -0.3 is 9.64 Å². The topological polar surface area (TPSA) is 37.7 Å².